The zero-order valence-electron chi connectivity index (χ0n) is 12.1. The second kappa shape index (κ2) is 8.46. The molecule has 1 aromatic rings. The third-order valence-corrected chi connectivity index (χ3v) is 4.05. The summed E-state index contributed by atoms with van der Waals surface area (Å²) in [6.07, 6.45) is 0.402. The van der Waals surface area contributed by atoms with Gasteiger partial charge < -0.3 is 14.2 Å². The smallest absolute Gasteiger partial charge is 0.410 e. The summed E-state index contributed by atoms with van der Waals surface area (Å²) in [5.41, 5.74) is 0.848. The molecule has 1 heterocycles. The van der Waals surface area contributed by atoms with Gasteiger partial charge in [0.15, 0.2) is 12.4 Å². The Morgan fingerprint density at radius 1 is 1.40 bits per heavy atom. The molecule has 7 heteroatoms. The Hall–Kier alpha value is -0.820. The number of carbonyl (C=O) groups excluding carboxylic acids is 1. The lowest BCUT2D eigenvalue weighted by Gasteiger charge is -2.32. The van der Waals surface area contributed by atoms with Crippen molar-refractivity contribution in [2.45, 2.75) is 45.9 Å². The predicted molar refractivity (Wildman–Crippen MR) is 84.5 cm³/mol. The highest BCUT2D eigenvalue weighted by molar-refractivity contribution is 7.80. The molecular weight excluding hydrogens is 296 g/mol. The Bertz CT molecular complexity index is 416. The van der Waals surface area contributed by atoms with Crippen LogP contribution in [0.5, 0.6) is 0 Å². The quantitative estimate of drug-likeness (QED) is 0.759. The van der Waals surface area contributed by atoms with E-state index in [-0.39, 0.29) is 24.8 Å². The van der Waals surface area contributed by atoms with E-state index in [4.69, 9.17) is 9.26 Å². The summed E-state index contributed by atoms with van der Waals surface area (Å²) in [5.74, 6) is 1.68. The molecule has 2 unspecified atom stereocenters. The summed E-state index contributed by atoms with van der Waals surface area (Å²) in [4.78, 5) is 13.8. The molecule has 0 radical (unpaired) electrons. The monoisotopic (exact) mass is 318 g/mol. The Labute approximate surface area is 130 Å². The van der Waals surface area contributed by atoms with Gasteiger partial charge in [-0.25, -0.2) is 4.79 Å². The molecule has 114 valence electrons. The van der Waals surface area contributed by atoms with Gasteiger partial charge in [-0.2, -0.15) is 25.3 Å². The van der Waals surface area contributed by atoms with Crippen LogP contribution >= 0.6 is 25.3 Å². The molecule has 0 aliphatic rings. The highest BCUT2D eigenvalue weighted by atomic mass is 32.1. The summed E-state index contributed by atoms with van der Waals surface area (Å²) in [5, 5.41) is 3.86. The molecule has 0 aliphatic heterocycles. The summed E-state index contributed by atoms with van der Waals surface area (Å²) in [7, 11) is 0. The van der Waals surface area contributed by atoms with E-state index in [2.05, 4.69) is 30.4 Å². The maximum atomic E-state index is 12.2. The molecule has 1 rings (SSSR count). The van der Waals surface area contributed by atoms with Crippen LogP contribution in [0, 0.1) is 0 Å². The SMILES string of the molecule is CCc1cc(COC(=O)N(C(C)CS)C(C)CS)on1. The van der Waals surface area contributed by atoms with Crippen molar-refractivity contribution in [1.29, 1.82) is 0 Å². The second-order valence-corrected chi connectivity index (χ2v) is 5.39. The number of ether oxygens (including phenoxy) is 1. The van der Waals surface area contributed by atoms with Gasteiger partial charge in [-0.15, -0.1) is 0 Å². The maximum absolute atomic E-state index is 12.2. The zero-order valence-corrected chi connectivity index (χ0v) is 13.9. The first-order valence-corrected chi connectivity index (χ1v) is 7.91. The largest absolute Gasteiger partial charge is 0.441 e. The van der Waals surface area contributed by atoms with Crippen LogP contribution < -0.4 is 0 Å². The molecule has 20 heavy (non-hydrogen) atoms. The molecule has 0 spiro atoms. The van der Waals surface area contributed by atoms with Crippen LogP contribution in [0.1, 0.15) is 32.2 Å². The molecule has 0 saturated carbocycles. The second-order valence-electron chi connectivity index (χ2n) is 4.66. The van der Waals surface area contributed by atoms with E-state index in [1.54, 1.807) is 11.0 Å². The van der Waals surface area contributed by atoms with Gasteiger partial charge in [0.05, 0.1) is 5.69 Å². The Balaban J connectivity index is 2.61. The van der Waals surface area contributed by atoms with Crippen molar-refractivity contribution in [2.24, 2.45) is 0 Å². The van der Waals surface area contributed by atoms with Gasteiger partial charge in [0.2, 0.25) is 0 Å². The lowest BCUT2D eigenvalue weighted by atomic mass is 10.2. The third kappa shape index (κ3) is 4.63. The fourth-order valence-corrected chi connectivity index (χ4v) is 2.12. The number of amides is 1. The number of nitrogens with zero attached hydrogens (tertiary/aromatic N) is 2. The van der Waals surface area contributed by atoms with Gasteiger partial charge in [0.1, 0.15) is 0 Å². The van der Waals surface area contributed by atoms with E-state index < -0.39 is 0 Å². The highest BCUT2D eigenvalue weighted by Gasteiger charge is 2.25. The van der Waals surface area contributed by atoms with Crippen LogP contribution in [0.25, 0.3) is 0 Å². The number of hydrogen-bond acceptors (Lipinski definition) is 6. The van der Waals surface area contributed by atoms with Crippen molar-refractivity contribution >= 4 is 31.4 Å². The summed E-state index contributed by atoms with van der Waals surface area (Å²) >= 11 is 8.47. The summed E-state index contributed by atoms with van der Waals surface area (Å²) < 4.78 is 10.4. The molecule has 1 aromatic heterocycles. The van der Waals surface area contributed by atoms with E-state index in [1.165, 1.54) is 0 Å². The van der Waals surface area contributed by atoms with E-state index in [0.717, 1.165) is 12.1 Å². The van der Waals surface area contributed by atoms with Crippen LogP contribution in [0.15, 0.2) is 10.6 Å². The van der Waals surface area contributed by atoms with Crippen LogP contribution in [0.4, 0.5) is 4.79 Å². The van der Waals surface area contributed by atoms with Crippen LogP contribution in [-0.4, -0.2) is 39.7 Å². The standard InChI is InChI=1S/C13H22N2O3S2/c1-4-11-5-12(18-14-11)6-17-13(16)15(9(2)7-19)10(3)8-20/h5,9-10,19-20H,4,6-8H2,1-3H3. The van der Waals surface area contributed by atoms with Crippen LogP contribution in [0.3, 0.4) is 0 Å². The molecule has 1 amide bonds. The minimum absolute atomic E-state index is 0.0195. The average molecular weight is 318 g/mol. The van der Waals surface area contributed by atoms with Crippen molar-refractivity contribution in [3.63, 3.8) is 0 Å². The number of hydrogen-bond donors (Lipinski definition) is 2. The van der Waals surface area contributed by atoms with E-state index in [1.807, 2.05) is 20.8 Å². The molecule has 0 fully saturated rings. The van der Waals surface area contributed by atoms with E-state index in [0.29, 0.717) is 17.3 Å². The van der Waals surface area contributed by atoms with Crippen LogP contribution in [0.2, 0.25) is 0 Å². The van der Waals surface area contributed by atoms with Crippen molar-refractivity contribution in [3.8, 4) is 0 Å². The van der Waals surface area contributed by atoms with E-state index >= 15 is 0 Å². The minimum atomic E-state index is -0.387. The maximum Gasteiger partial charge on any atom is 0.410 e. The fraction of sp³-hybridized carbons (Fsp3) is 0.692. The average Bonchev–Trinajstić information content (AvgIpc) is 2.92. The van der Waals surface area contributed by atoms with Gasteiger partial charge in [-0.05, 0) is 20.3 Å². The van der Waals surface area contributed by atoms with Gasteiger partial charge in [0, 0.05) is 29.7 Å². The van der Waals surface area contributed by atoms with Crippen molar-refractivity contribution < 1.29 is 14.1 Å². The lowest BCUT2D eigenvalue weighted by molar-refractivity contribution is 0.0687. The third-order valence-electron chi connectivity index (χ3n) is 3.00. The van der Waals surface area contributed by atoms with Crippen molar-refractivity contribution in [1.82, 2.24) is 10.1 Å². The molecule has 0 N–H and O–H groups in total. The summed E-state index contributed by atoms with van der Waals surface area (Å²) in [6.45, 7) is 5.93. The number of aryl methyl sites for hydroxylation is 1. The van der Waals surface area contributed by atoms with Gasteiger partial charge in [-0.1, -0.05) is 12.1 Å². The molecule has 0 bridgehead atoms. The fourth-order valence-electron chi connectivity index (χ4n) is 1.77. The number of thiol groups is 2. The van der Waals surface area contributed by atoms with Crippen molar-refractivity contribution in [3.05, 3.63) is 17.5 Å². The minimum Gasteiger partial charge on any atom is -0.441 e. The van der Waals surface area contributed by atoms with Gasteiger partial charge in [-0.3, -0.25) is 0 Å². The topological polar surface area (TPSA) is 55.6 Å². The van der Waals surface area contributed by atoms with Gasteiger partial charge in [0.25, 0.3) is 0 Å². The summed E-state index contributed by atoms with van der Waals surface area (Å²) in [6, 6.07) is 1.75. The van der Waals surface area contributed by atoms with Gasteiger partial charge >= 0.3 is 6.09 Å². The lowest BCUT2D eigenvalue weighted by Crippen LogP contribution is -2.46. The molecule has 0 saturated heterocycles. The number of carbonyl (C=O) groups is 1. The number of rotatable bonds is 7. The Morgan fingerprint density at radius 2 is 2.00 bits per heavy atom. The first kappa shape index (κ1) is 17.2. The molecule has 5 nitrogen and oxygen atoms in total. The van der Waals surface area contributed by atoms with E-state index in [9.17, 15) is 4.79 Å². The first-order valence-electron chi connectivity index (χ1n) is 6.64. The van der Waals surface area contributed by atoms with Crippen molar-refractivity contribution in [2.75, 3.05) is 11.5 Å². The van der Waals surface area contributed by atoms with Crippen LogP contribution in [-0.2, 0) is 17.8 Å². The molecule has 2 atom stereocenters. The number of aromatic nitrogens is 1. The first-order chi connectivity index (χ1) is 9.53. The Kier molecular flexibility index (Phi) is 7.29. The Morgan fingerprint density at radius 3 is 2.45 bits per heavy atom. The zero-order chi connectivity index (χ0) is 15.1. The normalized spacial score (nSPS) is 13.8. The molecule has 0 aliphatic carbocycles. The molecular formula is C13H22N2O3S2. The predicted octanol–water partition coefficient (Wildman–Crippen LogP) is 2.81. The highest BCUT2D eigenvalue weighted by Crippen LogP contribution is 2.13. The molecule has 0 aromatic carbocycles.